The van der Waals surface area contributed by atoms with Crippen LogP contribution in [0.5, 0.6) is 0 Å². The van der Waals surface area contributed by atoms with Crippen LogP contribution >= 0.6 is 11.8 Å². The number of nitrogens with zero attached hydrogens (tertiary/aromatic N) is 5. The number of carbonyl (C=O) groups excluding carboxylic acids is 1. The first-order valence-corrected chi connectivity index (χ1v) is 11.6. The second-order valence-corrected chi connectivity index (χ2v) is 8.77. The maximum Gasteiger partial charge on any atom is 0.235 e. The zero-order chi connectivity index (χ0) is 22.7. The van der Waals surface area contributed by atoms with Crippen molar-refractivity contribution < 1.29 is 9.53 Å². The Morgan fingerprint density at radius 3 is 2.75 bits per heavy atom. The molecule has 1 saturated heterocycles. The molecule has 1 aromatic carbocycles. The molecule has 0 spiro atoms. The van der Waals surface area contributed by atoms with Crippen LogP contribution in [0.1, 0.15) is 35.5 Å². The summed E-state index contributed by atoms with van der Waals surface area (Å²) in [6.45, 7) is 7.15. The number of aryl methyl sites for hydroxylation is 1. The van der Waals surface area contributed by atoms with E-state index in [4.69, 9.17) is 4.74 Å². The summed E-state index contributed by atoms with van der Waals surface area (Å²) in [7, 11) is 0. The van der Waals surface area contributed by atoms with Crippen molar-refractivity contribution >= 4 is 23.5 Å². The number of hydrogen-bond acceptors (Lipinski definition) is 6. The lowest BCUT2D eigenvalue weighted by atomic mass is 10.2. The number of para-hydroxylation sites is 1. The molecule has 1 atom stereocenters. The molecular weight excluding hydrogens is 424 g/mol. The zero-order valence-corrected chi connectivity index (χ0v) is 19.3. The molecule has 2 aromatic heterocycles. The maximum absolute atomic E-state index is 12.9. The van der Waals surface area contributed by atoms with Crippen LogP contribution in [-0.4, -0.2) is 43.7 Å². The fourth-order valence-electron chi connectivity index (χ4n) is 3.96. The molecule has 166 valence electrons. The molecule has 1 aliphatic rings. The van der Waals surface area contributed by atoms with Crippen LogP contribution < -0.4 is 5.32 Å². The molecule has 1 aliphatic heterocycles. The molecule has 8 nitrogen and oxygen atoms in total. The Hall–Kier alpha value is -3.09. The lowest BCUT2D eigenvalue weighted by molar-refractivity contribution is -0.113. The van der Waals surface area contributed by atoms with Crippen LogP contribution in [-0.2, 0) is 16.1 Å². The van der Waals surface area contributed by atoms with E-state index in [9.17, 15) is 10.1 Å². The highest BCUT2D eigenvalue weighted by molar-refractivity contribution is 7.99. The van der Waals surface area contributed by atoms with Crippen LogP contribution in [0.3, 0.4) is 0 Å². The van der Waals surface area contributed by atoms with Gasteiger partial charge in [0.2, 0.25) is 5.91 Å². The van der Waals surface area contributed by atoms with Gasteiger partial charge in [-0.2, -0.15) is 5.26 Å². The van der Waals surface area contributed by atoms with Gasteiger partial charge in [0.25, 0.3) is 0 Å². The van der Waals surface area contributed by atoms with Crippen LogP contribution in [0.4, 0.5) is 5.82 Å². The fraction of sp³-hybridized carbons (Fsp3) is 0.391. The van der Waals surface area contributed by atoms with Gasteiger partial charge in [-0.1, -0.05) is 30.0 Å². The lowest BCUT2D eigenvalue weighted by Gasteiger charge is -2.17. The molecule has 1 amide bonds. The maximum atomic E-state index is 12.9. The Bertz CT molecular complexity index is 1160. The first-order chi connectivity index (χ1) is 15.5. The molecule has 3 aromatic rings. The molecule has 3 heterocycles. The van der Waals surface area contributed by atoms with Gasteiger partial charge in [0.05, 0.1) is 24.0 Å². The summed E-state index contributed by atoms with van der Waals surface area (Å²) < 4.78 is 9.71. The monoisotopic (exact) mass is 450 g/mol. The van der Waals surface area contributed by atoms with E-state index in [-0.39, 0.29) is 17.8 Å². The fourth-order valence-corrected chi connectivity index (χ4v) is 4.76. The van der Waals surface area contributed by atoms with E-state index in [1.54, 1.807) is 0 Å². The van der Waals surface area contributed by atoms with E-state index in [1.807, 2.05) is 60.2 Å². The minimum Gasteiger partial charge on any atom is -0.376 e. The van der Waals surface area contributed by atoms with E-state index in [0.717, 1.165) is 42.2 Å². The number of nitriles is 1. The molecule has 1 fully saturated rings. The average Bonchev–Trinajstić information content (AvgIpc) is 3.49. The molecule has 0 saturated carbocycles. The SMILES string of the molecule is Cc1c(C#N)c(NC(=O)CSc2nnc(C)n2-c2ccccc2)n(C[C@@H]2CCCO2)c1C. The number of rotatable bonds is 7. The molecular formula is C23H26N6O2S. The number of benzene rings is 1. The smallest absolute Gasteiger partial charge is 0.235 e. The number of aromatic nitrogens is 4. The molecule has 32 heavy (non-hydrogen) atoms. The summed E-state index contributed by atoms with van der Waals surface area (Å²) >= 11 is 1.31. The summed E-state index contributed by atoms with van der Waals surface area (Å²) in [5.74, 6) is 1.25. The summed E-state index contributed by atoms with van der Waals surface area (Å²) in [6.07, 6.45) is 2.12. The normalized spacial score (nSPS) is 15.6. The van der Waals surface area contributed by atoms with Crippen molar-refractivity contribution in [2.45, 2.75) is 51.4 Å². The molecule has 0 bridgehead atoms. The number of nitrogens with one attached hydrogen (secondary N) is 1. The predicted octanol–water partition coefficient (Wildman–Crippen LogP) is 3.78. The number of anilines is 1. The minimum absolute atomic E-state index is 0.101. The van der Waals surface area contributed by atoms with Gasteiger partial charge in [-0.15, -0.1) is 10.2 Å². The van der Waals surface area contributed by atoms with Crippen LogP contribution in [0, 0.1) is 32.1 Å². The van der Waals surface area contributed by atoms with Gasteiger partial charge in [0.15, 0.2) is 5.16 Å². The molecule has 0 aliphatic carbocycles. The van der Waals surface area contributed by atoms with Gasteiger partial charge < -0.3 is 14.6 Å². The quantitative estimate of drug-likeness (QED) is 0.550. The van der Waals surface area contributed by atoms with Crippen molar-refractivity contribution in [3.05, 3.63) is 53.0 Å². The first-order valence-electron chi connectivity index (χ1n) is 10.6. The molecule has 4 rings (SSSR count). The zero-order valence-electron chi connectivity index (χ0n) is 18.5. The Balaban J connectivity index is 1.51. The Labute approximate surface area is 191 Å². The van der Waals surface area contributed by atoms with Gasteiger partial charge in [0.1, 0.15) is 17.7 Å². The third kappa shape index (κ3) is 4.42. The highest BCUT2D eigenvalue weighted by Crippen LogP contribution is 2.29. The largest absolute Gasteiger partial charge is 0.376 e. The van der Waals surface area contributed by atoms with Crippen molar-refractivity contribution in [1.29, 1.82) is 5.26 Å². The van der Waals surface area contributed by atoms with Gasteiger partial charge in [-0.05, 0) is 51.3 Å². The lowest BCUT2D eigenvalue weighted by Crippen LogP contribution is -2.22. The number of amides is 1. The third-order valence-electron chi connectivity index (χ3n) is 5.75. The van der Waals surface area contributed by atoms with Gasteiger partial charge >= 0.3 is 0 Å². The van der Waals surface area contributed by atoms with Crippen molar-refractivity contribution in [3.8, 4) is 11.8 Å². The van der Waals surface area contributed by atoms with E-state index in [2.05, 4.69) is 21.6 Å². The van der Waals surface area contributed by atoms with E-state index in [0.29, 0.717) is 23.1 Å². The Kier molecular flexibility index (Phi) is 6.63. The average molecular weight is 451 g/mol. The standard InChI is InChI=1S/C23H26N6O2S/c1-15-16(2)28(13-19-10-7-11-31-19)22(20(15)12-24)25-21(30)14-32-23-27-26-17(3)29(23)18-8-5-4-6-9-18/h4-6,8-9,19H,7,10-11,13-14H2,1-3H3,(H,25,30)/t19-/m0/s1. The highest BCUT2D eigenvalue weighted by atomic mass is 32.2. The first kappa shape index (κ1) is 22.1. The molecule has 9 heteroatoms. The minimum atomic E-state index is -0.196. The topological polar surface area (TPSA) is 97.8 Å². The third-order valence-corrected chi connectivity index (χ3v) is 6.68. The molecule has 0 unspecified atom stereocenters. The van der Waals surface area contributed by atoms with Gasteiger partial charge in [0, 0.05) is 18.0 Å². The van der Waals surface area contributed by atoms with Gasteiger partial charge in [-0.25, -0.2) is 0 Å². The van der Waals surface area contributed by atoms with E-state index < -0.39 is 0 Å². The number of thioether (sulfide) groups is 1. The van der Waals surface area contributed by atoms with Crippen molar-refractivity contribution in [3.63, 3.8) is 0 Å². The van der Waals surface area contributed by atoms with E-state index in [1.165, 1.54) is 11.8 Å². The van der Waals surface area contributed by atoms with Crippen LogP contribution in [0.25, 0.3) is 5.69 Å². The highest BCUT2D eigenvalue weighted by Gasteiger charge is 2.24. The van der Waals surface area contributed by atoms with Crippen molar-refractivity contribution in [2.24, 2.45) is 0 Å². The summed E-state index contributed by atoms with van der Waals surface area (Å²) in [5.41, 5.74) is 3.30. The number of hydrogen-bond donors (Lipinski definition) is 1. The van der Waals surface area contributed by atoms with E-state index >= 15 is 0 Å². The molecule has 1 N–H and O–H groups in total. The number of ether oxygens (including phenoxy) is 1. The Morgan fingerprint density at radius 2 is 2.06 bits per heavy atom. The predicted molar refractivity (Wildman–Crippen MR) is 123 cm³/mol. The second kappa shape index (κ2) is 9.59. The summed E-state index contributed by atoms with van der Waals surface area (Å²) in [4.78, 5) is 12.9. The molecule has 0 radical (unpaired) electrons. The second-order valence-electron chi connectivity index (χ2n) is 7.83. The Morgan fingerprint density at radius 1 is 1.28 bits per heavy atom. The van der Waals surface area contributed by atoms with Crippen LogP contribution in [0.15, 0.2) is 35.5 Å². The van der Waals surface area contributed by atoms with Crippen molar-refractivity contribution in [2.75, 3.05) is 17.7 Å². The summed E-state index contributed by atoms with van der Waals surface area (Å²) in [5, 5.41) is 21.7. The van der Waals surface area contributed by atoms with Crippen molar-refractivity contribution in [1.82, 2.24) is 19.3 Å². The van der Waals surface area contributed by atoms with Gasteiger partial charge in [-0.3, -0.25) is 9.36 Å². The van der Waals surface area contributed by atoms with Crippen LogP contribution in [0.2, 0.25) is 0 Å². The summed E-state index contributed by atoms with van der Waals surface area (Å²) in [6, 6.07) is 12.1. The number of carbonyl (C=O) groups is 1.